The highest BCUT2D eigenvalue weighted by Gasteiger charge is 2.26. The van der Waals surface area contributed by atoms with E-state index in [1.165, 1.54) is 43.0 Å². The summed E-state index contributed by atoms with van der Waals surface area (Å²) in [5.74, 6) is 0. The van der Waals surface area contributed by atoms with E-state index in [1.807, 2.05) is 6.07 Å². The van der Waals surface area contributed by atoms with Gasteiger partial charge >= 0.3 is 0 Å². The zero-order valence-electron chi connectivity index (χ0n) is 10.3. The number of hydrogen-bond donors (Lipinski definition) is 0. The third-order valence-electron chi connectivity index (χ3n) is 3.77. The Kier molecular flexibility index (Phi) is 4.47. The zero-order valence-corrected chi connectivity index (χ0v) is 11.8. The average Bonchev–Trinajstić information content (AvgIpc) is 2.39. The lowest BCUT2D eigenvalue weighted by molar-refractivity contribution is -0.699. The van der Waals surface area contributed by atoms with Gasteiger partial charge in [0.25, 0.3) is 5.15 Å². The van der Waals surface area contributed by atoms with Crippen molar-refractivity contribution >= 4 is 22.5 Å². The van der Waals surface area contributed by atoms with E-state index in [9.17, 15) is 0 Å². The minimum atomic E-state index is 0. The molecule has 1 aromatic carbocycles. The lowest BCUT2D eigenvalue weighted by atomic mass is 9.95. The zero-order chi connectivity index (χ0) is 11.7. The van der Waals surface area contributed by atoms with Gasteiger partial charge in [0, 0.05) is 30.4 Å². The van der Waals surface area contributed by atoms with E-state index in [1.54, 1.807) is 0 Å². The fourth-order valence-electron chi connectivity index (χ4n) is 2.91. The molecule has 0 unspecified atom stereocenters. The normalized spacial score (nSPS) is 16.5. The van der Waals surface area contributed by atoms with Gasteiger partial charge in [0.05, 0.1) is 0 Å². The Morgan fingerprint density at radius 3 is 2.44 bits per heavy atom. The van der Waals surface area contributed by atoms with Crippen LogP contribution in [0, 0.1) is 0 Å². The van der Waals surface area contributed by atoms with Crippen LogP contribution in [-0.4, -0.2) is 0 Å². The summed E-state index contributed by atoms with van der Waals surface area (Å²) in [5, 5.41) is 2.15. The second-order valence-electron chi connectivity index (χ2n) is 4.88. The lowest BCUT2D eigenvalue weighted by Gasteiger charge is -2.19. The molecule has 2 aromatic rings. The van der Waals surface area contributed by atoms with Gasteiger partial charge in [-0.3, -0.25) is 0 Å². The van der Waals surface area contributed by atoms with Gasteiger partial charge in [0.2, 0.25) is 5.52 Å². The second-order valence-corrected chi connectivity index (χ2v) is 5.26. The van der Waals surface area contributed by atoms with Crippen molar-refractivity contribution in [1.82, 2.24) is 0 Å². The Balaban J connectivity index is 0.00000120. The summed E-state index contributed by atoms with van der Waals surface area (Å²) in [6, 6.07) is 13.2. The van der Waals surface area contributed by atoms with Gasteiger partial charge in [-0.05, 0) is 36.6 Å². The molecule has 3 rings (SSSR count). The molecule has 0 bridgehead atoms. The molecule has 1 heterocycles. The minimum absolute atomic E-state index is 0. The van der Waals surface area contributed by atoms with Crippen LogP contribution in [0.25, 0.3) is 10.9 Å². The molecule has 96 valence electrons. The van der Waals surface area contributed by atoms with Gasteiger partial charge in [-0.2, -0.15) is 4.57 Å². The SMILES string of the molecule is Clc1ccc2ccccc2[n+]1C1CCCCC1.[Cl-]. The Morgan fingerprint density at radius 2 is 1.67 bits per heavy atom. The molecule has 0 aliphatic heterocycles. The van der Waals surface area contributed by atoms with E-state index in [-0.39, 0.29) is 12.4 Å². The fraction of sp³-hybridized carbons (Fsp3) is 0.400. The summed E-state index contributed by atoms with van der Waals surface area (Å²) in [6.07, 6.45) is 6.56. The highest BCUT2D eigenvalue weighted by Crippen LogP contribution is 2.27. The van der Waals surface area contributed by atoms with E-state index in [0.29, 0.717) is 6.04 Å². The third kappa shape index (κ3) is 2.48. The van der Waals surface area contributed by atoms with Crippen molar-refractivity contribution in [1.29, 1.82) is 0 Å². The molecule has 0 atom stereocenters. The monoisotopic (exact) mass is 281 g/mol. The quantitative estimate of drug-likeness (QED) is 0.548. The van der Waals surface area contributed by atoms with E-state index in [2.05, 4.69) is 34.9 Å². The predicted octanol–water partition coefficient (Wildman–Crippen LogP) is 1.29. The summed E-state index contributed by atoms with van der Waals surface area (Å²) in [6.45, 7) is 0. The van der Waals surface area contributed by atoms with E-state index >= 15 is 0 Å². The smallest absolute Gasteiger partial charge is 0.275 e. The van der Waals surface area contributed by atoms with Crippen LogP contribution in [0.5, 0.6) is 0 Å². The van der Waals surface area contributed by atoms with Crippen molar-refractivity contribution in [3.05, 3.63) is 41.6 Å². The van der Waals surface area contributed by atoms with Gasteiger partial charge in [0.1, 0.15) is 0 Å². The Labute approximate surface area is 119 Å². The maximum atomic E-state index is 6.40. The first-order chi connectivity index (χ1) is 8.36. The van der Waals surface area contributed by atoms with Gasteiger partial charge in [0.15, 0.2) is 6.04 Å². The van der Waals surface area contributed by atoms with Gasteiger partial charge < -0.3 is 12.4 Å². The highest BCUT2D eigenvalue weighted by atomic mass is 35.5. The molecule has 0 saturated heterocycles. The summed E-state index contributed by atoms with van der Waals surface area (Å²) in [7, 11) is 0. The van der Waals surface area contributed by atoms with Crippen LogP contribution >= 0.6 is 11.6 Å². The maximum absolute atomic E-state index is 6.40. The lowest BCUT2D eigenvalue weighted by Crippen LogP contribution is -3.00. The van der Waals surface area contributed by atoms with Crippen molar-refractivity contribution in [2.75, 3.05) is 0 Å². The maximum Gasteiger partial charge on any atom is 0.275 e. The van der Waals surface area contributed by atoms with Gasteiger partial charge in [-0.15, -0.1) is 0 Å². The van der Waals surface area contributed by atoms with Crippen molar-refractivity contribution in [3.63, 3.8) is 0 Å². The molecule has 0 spiro atoms. The van der Waals surface area contributed by atoms with E-state index in [0.717, 1.165) is 5.15 Å². The molecule has 18 heavy (non-hydrogen) atoms. The summed E-state index contributed by atoms with van der Waals surface area (Å²) in [4.78, 5) is 0. The molecule has 1 nitrogen and oxygen atoms in total. The van der Waals surface area contributed by atoms with Crippen molar-refractivity contribution in [2.45, 2.75) is 38.1 Å². The molecule has 1 aliphatic rings. The summed E-state index contributed by atoms with van der Waals surface area (Å²) < 4.78 is 2.33. The van der Waals surface area contributed by atoms with Crippen LogP contribution in [-0.2, 0) is 0 Å². The molecule has 1 aliphatic carbocycles. The van der Waals surface area contributed by atoms with Crippen LogP contribution in [0.4, 0.5) is 0 Å². The number of halogens is 2. The third-order valence-corrected chi connectivity index (χ3v) is 4.07. The largest absolute Gasteiger partial charge is 1.00 e. The number of rotatable bonds is 1. The molecular weight excluding hydrogens is 265 g/mol. The second kappa shape index (κ2) is 5.90. The topological polar surface area (TPSA) is 3.88 Å². The Hall–Kier alpha value is -0.790. The number of pyridine rings is 1. The minimum Gasteiger partial charge on any atom is -1.00 e. The van der Waals surface area contributed by atoms with Crippen LogP contribution in [0.15, 0.2) is 36.4 Å². The van der Waals surface area contributed by atoms with Crippen molar-refractivity contribution in [2.24, 2.45) is 0 Å². The molecule has 1 aromatic heterocycles. The molecule has 0 N–H and O–H groups in total. The van der Waals surface area contributed by atoms with Crippen LogP contribution in [0.2, 0.25) is 5.15 Å². The van der Waals surface area contributed by atoms with Crippen LogP contribution < -0.4 is 17.0 Å². The first-order valence-electron chi connectivity index (χ1n) is 6.45. The molecule has 1 fully saturated rings. The van der Waals surface area contributed by atoms with Gasteiger partial charge in [-0.25, -0.2) is 0 Å². The van der Waals surface area contributed by atoms with Gasteiger partial charge in [-0.1, -0.05) is 18.6 Å². The number of para-hydroxylation sites is 1. The number of nitrogens with zero attached hydrogens (tertiary/aromatic N) is 1. The Bertz CT molecular complexity index is 533. The Morgan fingerprint density at radius 1 is 0.944 bits per heavy atom. The number of aromatic nitrogens is 1. The van der Waals surface area contributed by atoms with Crippen LogP contribution in [0.1, 0.15) is 38.1 Å². The molecular formula is C15H17Cl2N. The first kappa shape index (κ1) is 13.6. The first-order valence-corrected chi connectivity index (χ1v) is 6.83. The highest BCUT2D eigenvalue weighted by molar-refractivity contribution is 6.28. The summed E-state index contributed by atoms with van der Waals surface area (Å²) in [5.41, 5.74) is 1.27. The summed E-state index contributed by atoms with van der Waals surface area (Å²) >= 11 is 6.40. The molecule has 3 heteroatoms. The average molecular weight is 282 g/mol. The van der Waals surface area contributed by atoms with E-state index in [4.69, 9.17) is 11.6 Å². The molecule has 0 radical (unpaired) electrons. The number of fused-ring (bicyclic) bond motifs is 1. The van der Waals surface area contributed by atoms with E-state index < -0.39 is 0 Å². The fourth-order valence-corrected chi connectivity index (χ4v) is 3.20. The van der Waals surface area contributed by atoms with Crippen molar-refractivity contribution < 1.29 is 17.0 Å². The predicted molar refractivity (Wildman–Crippen MR) is 71.3 cm³/mol. The number of benzene rings is 1. The standard InChI is InChI=1S/C15H17ClN.ClH/c16-15-11-10-12-6-4-5-9-14(12)17(15)13-7-2-1-3-8-13;/h4-6,9-11,13H,1-3,7-8H2;1H/q+1;/p-1. The van der Waals surface area contributed by atoms with Crippen LogP contribution in [0.3, 0.4) is 0 Å². The van der Waals surface area contributed by atoms with Crippen molar-refractivity contribution in [3.8, 4) is 0 Å². The number of hydrogen-bond acceptors (Lipinski definition) is 0. The molecule has 0 amide bonds. The molecule has 1 saturated carbocycles.